The van der Waals surface area contributed by atoms with Gasteiger partial charge in [-0.05, 0) is 51.5 Å². The molecule has 0 spiro atoms. The largest absolute Gasteiger partial charge is 0.507 e. The topological polar surface area (TPSA) is 65.0 Å². The molecule has 2 heterocycles. The van der Waals surface area contributed by atoms with Crippen molar-refractivity contribution in [1.82, 2.24) is 15.1 Å². The van der Waals surface area contributed by atoms with Gasteiger partial charge in [-0.15, -0.1) is 0 Å². The minimum Gasteiger partial charge on any atom is -0.507 e. The molecule has 0 unspecified atom stereocenters. The SMILES string of the molecule is CN1CCC(N2CCO[C@H](CCNC(=O)c3ccccc3O)C2)CC1. The number of hydrogen-bond acceptors (Lipinski definition) is 5. The van der Waals surface area contributed by atoms with E-state index in [9.17, 15) is 9.90 Å². The lowest BCUT2D eigenvalue weighted by molar-refractivity contribution is -0.0532. The molecule has 2 fully saturated rings. The van der Waals surface area contributed by atoms with Crippen LogP contribution in [0.3, 0.4) is 0 Å². The van der Waals surface area contributed by atoms with Crippen LogP contribution in [-0.4, -0.2) is 79.3 Å². The summed E-state index contributed by atoms with van der Waals surface area (Å²) in [4.78, 5) is 17.1. The van der Waals surface area contributed by atoms with Crippen LogP contribution in [0.1, 0.15) is 29.6 Å². The van der Waals surface area contributed by atoms with Gasteiger partial charge < -0.3 is 20.1 Å². The second-order valence-electron chi connectivity index (χ2n) is 7.08. The minimum absolute atomic E-state index is 0.0161. The Morgan fingerprint density at radius 1 is 1.28 bits per heavy atom. The lowest BCUT2D eigenvalue weighted by Gasteiger charge is -2.41. The molecule has 1 amide bonds. The fraction of sp³-hybridized carbons (Fsp3) is 0.632. The maximum Gasteiger partial charge on any atom is 0.255 e. The second kappa shape index (κ2) is 8.65. The number of rotatable bonds is 5. The number of amides is 1. The first-order valence-corrected chi connectivity index (χ1v) is 9.24. The van der Waals surface area contributed by atoms with Gasteiger partial charge in [0.15, 0.2) is 0 Å². The van der Waals surface area contributed by atoms with Crippen LogP contribution in [0, 0.1) is 0 Å². The van der Waals surface area contributed by atoms with Crippen molar-refractivity contribution in [1.29, 1.82) is 0 Å². The van der Waals surface area contributed by atoms with Crippen molar-refractivity contribution in [3.63, 3.8) is 0 Å². The lowest BCUT2D eigenvalue weighted by Crippen LogP contribution is -2.51. The van der Waals surface area contributed by atoms with Gasteiger partial charge in [0.25, 0.3) is 5.91 Å². The van der Waals surface area contributed by atoms with Gasteiger partial charge in [-0.2, -0.15) is 0 Å². The molecular weight excluding hydrogens is 318 g/mol. The Kier molecular flexibility index (Phi) is 6.29. The number of piperidine rings is 1. The van der Waals surface area contributed by atoms with Crippen LogP contribution in [-0.2, 0) is 4.74 Å². The maximum atomic E-state index is 12.1. The number of ether oxygens (including phenoxy) is 1. The molecule has 1 atom stereocenters. The minimum atomic E-state index is -0.235. The standard InChI is InChI=1S/C19H29N3O3/c1-21-10-7-15(8-11-21)22-12-13-25-16(14-22)6-9-20-19(24)17-4-2-3-5-18(17)23/h2-5,15-16,23H,6-14H2,1H3,(H,20,24)/t16-/m1/s1. The van der Waals surface area contributed by atoms with E-state index >= 15 is 0 Å². The zero-order valence-electron chi connectivity index (χ0n) is 15.0. The van der Waals surface area contributed by atoms with Crippen LogP contribution in [0.4, 0.5) is 0 Å². The van der Waals surface area contributed by atoms with E-state index in [0.717, 1.165) is 26.1 Å². The molecule has 6 nitrogen and oxygen atoms in total. The fourth-order valence-corrected chi connectivity index (χ4v) is 3.72. The van der Waals surface area contributed by atoms with E-state index in [1.165, 1.54) is 32.0 Å². The third-order valence-corrected chi connectivity index (χ3v) is 5.28. The van der Waals surface area contributed by atoms with Gasteiger partial charge in [-0.25, -0.2) is 0 Å². The van der Waals surface area contributed by atoms with E-state index in [0.29, 0.717) is 18.2 Å². The predicted octanol–water partition coefficient (Wildman–Crippen LogP) is 1.31. The fourth-order valence-electron chi connectivity index (χ4n) is 3.72. The maximum absolute atomic E-state index is 12.1. The number of carbonyl (C=O) groups excluding carboxylic acids is 1. The average Bonchev–Trinajstić information content (AvgIpc) is 2.63. The van der Waals surface area contributed by atoms with Crippen molar-refractivity contribution in [3.05, 3.63) is 29.8 Å². The molecule has 1 aromatic carbocycles. The highest BCUT2D eigenvalue weighted by Gasteiger charge is 2.28. The smallest absolute Gasteiger partial charge is 0.255 e. The Labute approximate surface area is 149 Å². The van der Waals surface area contributed by atoms with Crippen LogP contribution < -0.4 is 5.32 Å². The van der Waals surface area contributed by atoms with Crippen LogP contribution in [0.2, 0.25) is 0 Å². The summed E-state index contributed by atoms with van der Waals surface area (Å²) in [7, 11) is 2.19. The molecule has 1 aromatic rings. The third kappa shape index (κ3) is 4.93. The first kappa shape index (κ1) is 18.2. The summed E-state index contributed by atoms with van der Waals surface area (Å²) in [5.74, 6) is -0.219. The van der Waals surface area contributed by atoms with Crippen LogP contribution >= 0.6 is 0 Å². The van der Waals surface area contributed by atoms with Crippen LogP contribution in [0.5, 0.6) is 5.75 Å². The van der Waals surface area contributed by atoms with E-state index in [2.05, 4.69) is 22.2 Å². The Bertz CT molecular complexity index is 573. The summed E-state index contributed by atoms with van der Waals surface area (Å²) in [5, 5.41) is 12.6. The number of benzene rings is 1. The molecule has 3 rings (SSSR count). The summed E-state index contributed by atoms with van der Waals surface area (Å²) in [6.07, 6.45) is 3.42. The lowest BCUT2D eigenvalue weighted by atomic mass is 10.0. The van der Waals surface area contributed by atoms with Gasteiger partial charge in [0.2, 0.25) is 0 Å². The summed E-state index contributed by atoms with van der Waals surface area (Å²) in [6.45, 7) is 5.62. The normalized spacial score (nSPS) is 23.5. The van der Waals surface area contributed by atoms with Crippen molar-refractivity contribution in [2.45, 2.75) is 31.4 Å². The molecule has 0 aliphatic carbocycles. The molecule has 0 radical (unpaired) electrons. The monoisotopic (exact) mass is 347 g/mol. The van der Waals surface area contributed by atoms with Gasteiger partial charge in [-0.3, -0.25) is 9.69 Å². The zero-order valence-corrected chi connectivity index (χ0v) is 15.0. The molecule has 2 aliphatic heterocycles. The summed E-state index contributed by atoms with van der Waals surface area (Å²) < 4.78 is 5.88. The molecule has 2 N–H and O–H groups in total. The first-order chi connectivity index (χ1) is 12.1. The van der Waals surface area contributed by atoms with E-state index < -0.39 is 0 Å². The van der Waals surface area contributed by atoms with E-state index in [-0.39, 0.29) is 17.8 Å². The molecule has 0 saturated carbocycles. The van der Waals surface area contributed by atoms with Crippen molar-refractivity contribution < 1.29 is 14.6 Å². The van der Waals surface area contributed by atoms with Gasteiger partial charge in [0, 0.05) is 25.7 Å². The highest BCUT2D eigenvalue weighted by atomic mass is 16.5. The summed E-state index contributed by atoms with van der Waals surface area (Å²) >= 11 is 0. The van der Waals surface area contributed by atoms with Crippen molar-refractivity contribution in [2.75, 3.05) is 46.4 Å². The molecule has 2 aliphatic rings. The Hall–Kier alpha value is -1.63. The van der Waals surface area contributed by atoms with Gasteiger partial charge in [-0.1, -0.05) is 12.1 Å². The number of nitrogens with one attached hydrogen (secondary N) is 1. The van der Waals surface area contributed by atoms with Crippen molar-refractivity contribution in [2.24, 2.45) is 0 Å². The zero-order chi connectivity index (χ0) is 17.6. The third-order valence-electron chi connectivity index (χ3n) is 5.28. The van der Waals surface area contributed by atoms with Crippen LogP contribution in [0.25, 0.3) is 0 Å². The van der Waals surface area contributed by atoms with Gasteiger partial charge in [0.05, 0.1) is 18.3 Å². The Morgan fingerprint density at radius 3 is 2.80 bits per heavy atom. The molecule has 0 aromatic heterocycles. The number of carbonyl (C=O) groups is 1. The number of aromatic hydroxyl groups is 1. The molecule has 0 bridgehead atoms. The highest BCUT2D eigenvalue weighted by molar-refractivity contribution is 5.96. The number of morpholine rings is 1. The van der Waals surface area contributed by atoms with Gasteiger partial charge >= 0.3 is 0 Å². The molecule has 6 heteroatoms. The van der Waals surface area contributed by atoms with Crippen LogP contribution in [0.15, 0.2) is 24.3 Å². The molecule has 25 heavy (non-hydrogen) atoms. The average molecular weight is 347 g/mol. The highest BCUT2D eigenvalue weighted by Crippen LogP contribution is 2.20. The van der Waals surface area contributed by atoms with E-state index in [4.69, 9.17) is 4.74 Å². The predicted molar refractivity (Wildman–Crippen MR) is 96.9 cm³/mol. The summed E-state index contributed by atoms with van der Waals surface area (Å²) in [5.41, 5.74) is 0.319. The Morgan fingerprint density at radius 2 is 2.04 bits per heavy atom. The second-order valence-corrected chi connectivity index (χ2v) is 7.08. The Balaban J connectivity index is 1.42. The van der Waals surface area contributed by atoms with Crippen molar-refractivity contribution >= 4 is 5.91 Å². The summed E-state index contributed by atoms with van der Waals surface area (Å²) in [6, 6.07) is 7.28. The van der Waals surface area contributed by atoms with Crippen molar-refractivity contribution in [3.8, 4) is 5.75 Å². The molecule has 2 saturated heterocycles. The first-order valence-electron chi connectivity index (χ1n) is 9.24. The molecule has 138 valence electrons. The van der Waals surface area contributed by atoms with E-state index in [1.807, 2.05) is 0 Å². The number of phenolic OH excluding ortho intramolecular Hbond substituents is 1. The number of para-hydroxylation sites is 1. The van der Waals surface area contributed by atoms with E-state index in [1.54, 1.807) is 18.2 Å². The number of nitrogens with zero attached hydrogens (tertiary/aromatic N) is 2. The number of likely N-dealkylation sites (tertiary alicyclic amines) is 1. The number of phenols is 1. The number of hydrogen-bond donors (Lipinski definition) is 2. The molecular formula is C19H29N3O3. The quantitative estimate of drug-likeness (QED) is 0.841. The van der Waals surface area contributed by atoms with Gasteiger partial charge in [0.1, 0.15) is 5.75 Å².